The Morgan fingerprint density at radius 3 is 2.53 bits per heavy atom. The normalized spacial score (nSPS) is 18.4. The molecule has 0 unspecified atom stereocenters. The highest BCUT2D eigenvalue weighted by Gasteiger charge is 2.44. The summed E-state index contributed by atoms with van der Waals surface area (Å²) in [5, 5.41) is 7.18. The van der Waals surface area contributed by atoms with Gasteiger partial charge in [0.15, 0.2) is 0 Å². The smallest absolute Gasteiger partial charge is 0.228 e. The van der Waals surface area contributed by atoms with Crippen molar-refractivity contribution in [3.05, 3.63) is 66.2 Å². The fraction of sp³-hybridized carbons (Fsp3) is 0.318. The number of amides is 1. The molecule has 0 bridgehead atoms. The molecule has 0 aliphatic heterocycles. The van der Waals surface area contributed by atoms with Crippen LogP contribution in [0.5, 0.6) is 0 Å². The molecule has 8 heteroatoms. The minimum atomic E-state index is -3.68. The number of anilines is 1. The van der Waals surface area contributed by atoms with Gasteiger partial charge in [0.2, 0.25) is 15.7 Å². The molecule has 0 spiro atoms. The number of nitrogens with zero attached hydrogens (tertiary/aromatic N) is 3. The second-order valence-corrected chi connectivity index (χ2v) is 9.82. The van der Waals surface area contributed by atoms with Crippen molar-refractivity contribution in [3.63, 3.8) is 0 Å². The SMILES string of the molecule is Cc1nn(C(C)C)cc1S(=O)(=O)c1ccc(NC(=O)[C@@H]2C[C@H]2c2cccnc2)cc1. The van der Waals surface area contributed by atoms with Crippen molar-refractivity contribution in [2.45, 2.75) is 48.9 Å². The molecule has 2 heterocycles. The van der Waals surface area contributed by atoms with Crippen LogP contribution in [0.15, 0.2) is 64.8 Å². The molecule has 1 aliphatic rings. The molecule has 30 heavy (non-hydrogen) atoms. The number of carbonyl (C=O) groups is 1. The predicted octanol–water partition coefficient (Wildman–Crippen LogP) is 3.74. The molecular formula is C22H24N4O3S. The topological polar surface area (TPSA) is 94.0 Å². The molecule has 1 fully saturated rings. The third kappa shape index (κ3) is 3.87. The summed E-state index contributed by atoms with van der Waals surface area (Å²) in [4.78, 5) is 17.0. The fourth-order valence-corrected chi connectivity index (χ4v) is 4.95. The Balaban J connectivity index is 1.46. The van der Waals surface area contributed by atoms with E-state index in [4.69, 9.17) is 0 Å². The summed E-state index contributed by atoms with van der Waals surface area (Å²) in [5.41, 5.74) is 2.11. The quantitative estimate of drug-likeness (QED) is 0.650. The van der Waals surface area contributed by atoms with Crippen molar-refractivity contribution in [1.82, 2.24) is 14.8 Å². The van der Waals surface area contributed by atoms with E-state index in [0.29, 0.717) is 11.4 Å². The molecule has 2 atom stereocenters. The minimum Gasteiger partial charge on any atom is -0.326 e. The Morgan fingerprint density at radius 1 is 1.20 bits per heavy atom. The largest absolute Gasteiger partial charge is 0.326 e. The molecule has 1 aliphatic carbocycles. The predicted molar refractivity (Wildman–Crippen MR) is 113 cm³/mol. The van der Waals surface area contributed by atoms with Gasteiger partial charge in [-0.1, -0.05) is 6.07 Å². The van der Waals surface area contributed by atoms with E-state index in [1.807, 2.05) is 26.0 Å². The van der Waals surface area contributed by atoms with Crippen LogP contribution < -0.4 is 5.32 Å². The van der Waals surface area contributed by atoms with Crippen LogP contribution >= 0.6 is 0 Å². The second kappa shape index (κ2) is 7.68. The Labute approximate surface area is 176 Å². The maximum atomic E-state index is 13.0. The first-order valence-corrected chi connectivity index (χ1v) is 11.4. The van der Waals surface area contributed by atoms with Gasteiger partial charge in [-0.3, -0.25) is 14.5 Å². The summed E-state index contributed by atoms with van der Waals surface area (Å²) in [6.07, 6.45) is 5.87. The van der Waals surface area contributed by atoms with E-state index < -0.39 is 9.84 Å². The Morgan fingerprint density at radius 2 is 1.93 bits per heavy atom. The van der Waals surface area contributed by atoms with Gasteiger partial charge in [0, 0.05) is 36.2 Å². The minimum absolute atomic E-state index is 0.0616. The first kappa shape index (κ1) is 20.3. The van der Waals surface area contributed by atoms with Crippen LogP contribution in [-0.2, 0) is 14.6 Å². The highest BCUT2D eigenvalue weighted by atomic mass is 32.2. The maximum Gasteiger partial charge on any atom is 0.228 e. The van der Waals surface area contributed by atoms with Gasteiger partial charge < -0.3 is 5.32 Å². The molecule has 4 rings (SSSR count). The number of carbonyl (C=O) groups excluding carboxylic acids is 1. The number of nitrogens with one attached hydrogen (secondary N) is 1. The standard InChI is InChI=1S/C22H24N4O3S/c1-14(2)26-13-21(15(3)25-26)30(28,29)18-8-6-17(7-9-18)24-22(27)20-11-19(20)16-5-4-10-23-12-16/h4-10,12-14,19-20H,11H2,1-3H3,(H,24,27)/t19-,20+/m0/s1. The number of hydrogen-bond donors (Lipinski definition) is 1. The van der Waals surface area contributed by atoms with Gasteiger partial charge in [-0.25, -0.2) is 8.42 Å². The molecule has 1 N–H and O–H groups in total. The number of benzene rings is 1. The lowest BCUT2D eigenvalue weighted by atomic mass is 10.1. The zero-order valence-electron chi connectivity index (χ0n) is 17.1. The summed E-state index contributed by atoms with van der Waals surface area (Å²) >= 11 is 0. The molecule has 1 aromatic carbocycles. The Hall–Kier alpha value is -3.00. The summed E-state index contributed by atoms with van der Waals surface area (Å²) in [5.74, 6) is 0.0504. The van der Waals surface area contributed by atoms with E-state index in [2.05, 4.69) is 15.4 Å². The van der Waals surface area contributed by atoms with Crippen molar-refractivity contribution in [2.75, 3.05) is 5.32 Å². The van der Waals surface area contributed by atoms with Gasteiger partial charge in [0.1, 0.15) is 4.90 Å². The van der Waals surface area contributed by atoms with Gasteiger partial charge in [0.25, 0.3) is 0 Å². The molecule has 7 nitrogen and oxygen atoms in total. The third-order valence-corrected chi connectivity index (χ3v) is 7.23. The van der Waals surface area contributed by atoms with Crippen LogP contribution in [0.3, 0.4) is 0 Å². The maximum absolute atomic E-state index is 13.0. The average molecular weight is 425 g/mol. The number of rotatable bonds is 6. The van der Waals surface area contributed by atoms with Crippen molar-refractivity contribution in [3.8, 4) is 0 Å². The van der Waals surface area contributed by atoms with Crippen LogP contribution in [0.25, 0.3) is 0 Å². The summed E-state index contributed by atoms with van der Waals surface area (Å²) < 4.78 is 27.6. The van der Waals surface area contributed by atoms with Crippen molar-refractivity contribution < 1.29 is 13.2 Å². The zero-order valence-corrected chi connectivity index (χ0v) is 17.9. The lowest BCUT2D eigenvalue weighted by Gasteiger charge is -2.07. The fourth-order valence-electron chi connectivity index (χ4n) is 3.52. The zero-order chi connectivity index (χ0) is 21.5. The van der Waals surface area contributed by atoms with Crippen LogP contribution in [0, 0.1) is 12.8 Å². The number of sulfone groups is 1. The summed E-state index contributed by atoms with van der Waals surface area (Å²) in [6, 6.07) is 10.2. The average Bonchev–Trinajstić information content (AvgIpc) is 3.43. The highest BCUT2D eigenvalue weighted by Crippen LogP contribution is 2.47. The van der Waals surface area contributed by atoms with Crippen LogP contribution in [0.4, 0.5) is 5.69 Å². The molecule has 3 aromatic rings. The van der Waals surface area contributed by atoms with Crippen molar-refractivity contribution in [1.29, 1.82) is 0 Å². The van der Waals surface area contributed by atoms with E-state index in [0.717, 1.165) is 12.0 Å². The molecule has 2 aromatic heterocycles. The summed E-state index contributed by atoms with van der Waals surface area (Å²) in [7, 11) is -3.68. The summed E-state index contributed by atoms with van der Waals surface area (Å²) in [6.45, 7) is 5.58. The Bertz CT molecular complexity index is 1170. The van der Waals surface area contributed by atoms with Crippen molar-refractivity contribution >= 4 is 21.4 Å². The van der Waals surface area contributed by atoms with Crippen LogP contribution in [0.1, 0.15) is 43.5 Å². The highest BCUT2D eigenvalue weighted by molar-refractivity contribution is 7.91. The monoisotopic (exact) mass is 424 g/mol. The third-order valence-electron chi connectivity index (χ3n) is 5.36. The molecule has 0 radical (unpaired) electrons. The number of aryl methyl sites for hydroxylation is 1. The van der Waals surface area contributed by atoms with Gasteiger partial charge in [-0.05, 0) is 69.0 Å². The lowest BCUT2D eigenvalue weighted by molar-refractivity contribution is -0.117. The number of aromatic nitrogens is 3. The van der Waals surface area contributed by atoms with Gasteiger partial charge in [-0.2, -0.15) is 5.10 Å². The van der Waals surface area contributed by atoms with E-state index in [-0.39, 0.29) is 33.6 Å². The molecule has 1 amide bonds. The molecular weight excluding hydrogens is 400 g/mol. The molecule has 1 saturated carbocycles. The van der Waals surface area contributed by atoms with Crippen molar-refractivity contribution in [2.24, 2.45) is 5.92 Å². The van der Waals surface area contributed by atoms with Gasteiger partial charge >= 0.3 is 0 Å². The first-order valence-electron chi connectivity index (χ1n) is 9.89. The molecule has 0 saturated heterocycles. The second-order valence-electron chi connectivity index (χ2n) is 7.90. The molecule has 156 valence electrons. The first-order chi connectivity index (χ1) is 14.3. The van der Waals surface area contributed by atoms with E-state index in [1.54, 1.807) is 42.3 Å². The van der Waals surface area contributed by atoms with E-state index >= 15 is 0 Å². The van der Waals surface area contributed by atoms with E-state index in [9.17, 15) is 13.2 Å². The van der Waals surface area contributed by atoms with Crippen LogP contribution in [0.2, 0.25) is 0 Å². The number of pyridine rings is 1. The van der Waals surface area contributed by atoms with Crippen LogP contribution in [-0.4, -0.2) is 29.1 Å². The van der Waals surface area contributed by atoms with Gasteiger partial charge in [-0.15, -0.1) is 0 Å². The van der Waals surface area contributed by atoms with Gasteiger partial charge in [0.05, 0.1) is 10.6 Å². The lowest BCUT2D eigenvalue weighted by Crippen LogP contribution is -2.14. The number of hydrogen-bond acceptors (Lipinski definition) is 5. The Kier molecular flexibility index (Phi) is 5.19. The van der Waals surface area contributed by atoms with E-state index in [1.165, 1.54) is 12.1 Å².